The van der Waals surface area contributed by atoms with Crippen LogP contribution >= 0.6 is 24.0 Å². The lowest BCUT2D eigenvalue weighted by Crippen LogP contribution is -2.38. The minimum Gasteiger partial charge on any atom is -0.352 e. The molecule has 8 heteroatoms. The van der Waals surface area contributed by atoms with Crippen LogP contribution < -0.4 is 5.32 Å². The zero-order chi connectivity index (χ0) is 20.0. The molecule has 1 aliphatic rings. The number of nitrogens with zero attached hydrogens (tertiary/aromatic N) is 3. The molecule has 1 fully saturated rings. The van der Waals surface area contributed by atoms with Gasteiger partial charge in [0.25, 0.3) is 0 Å². The van der Waals surface area contributed by atoms with Crippen LogP contribution in [0.15, 0.2) is 64.5 Å². The Morgan fingerprint density at radius 2 is 1.66 bits per heavy atom. The standard InChI is InChI=1S/C21H28N4O2S.HI/c1-22-21(24(2)17-19-8-4-3-5-9-19)23-16-18-10-12-20(13-11-18)28(26,27)25-14-6-7-15-25;/h3-5,8-13H,6-7,14-17H2,1-2H3,(H,22,23);1H. The normalized spacial score (nSPS) is 15.0. The first-order valence-corrected chi connectivity index (χ1v) is 11.0. The smallest absolute Gasteiger partial charge is 0.243 e. The van der Waals surface area contributed by atoms with E-state index >= 15 is 0 Å². The van der Waals surface area contributed by atoms with Crippen molar-refractivity contribution < 1.29 is 8.42 Å². The Hall–Kier alpha value is -1.65. The summed E-state index contributed by atoms with van der Waals surface area (Å²) in [7, 11) is 0.395. The van der Waals surface area contributed by atoms with E-state index in [0.29, 0.717) is 24.5 Å². The Morgan fingerprint density at radius 1 is 1.03 bits per heavy atom. The second-order valence-corrected chi connectivity index (χ2v) is 8.94. The topological polar surface area (TPSA) is 65.0 Å². The molecule has 2 aromatic rings. The van der Waals surface area contributed by atoms with Crippen LogP contribution in [0.4, 0.5) is 0 Å². The molecule has 1 saturated heterocycles. The predicted molar refractivity (Wildman–Crippen MR) is 128 cm³/mol. The van der Waals surface area contributed by atoms with Crippen LogP contribution in [-0.2, 0) is 23.1 Å². The molecule has 1 heterocycles. The van der Waals surface area contributed by atoms with Gasteiger partial charge < -0.3 is 10.2 Å². The maximum absolute atomic E-state index is 12.6. The Kier molecular flexibility index (Phi) is 8.91. The summed E-state index contributed by atoms with van der Waals surface area (Å²) >= 11 is 0. The second kappa shape index (κ2) is 10.9. The third-order valence-electron chi connectivity index (χ3n) is 4.91. The van der Waals surface area contributed by atoms with E-state index in [0.717, 1.165) is 30.9 Å². The third-order valence-corrected chi connectivity index (χ3v) is 6.83. The van der Waals surface area contributed by atoms with Crippen LogP contribution in [0.3, 0.4) is 0 Å². The monoisotopic (exact) mass is 528 g/mol. The van der Waals surface area contributed by atoms with Crippen molar-refractivity contribution in [2.45, 2.75) is 30.8 Å². The minimum atomic E-state index is -3.36. The van der Waals surface area contributed by atoms with Gasteiger partial charge in [-0.05, 0) is 36.1 Å². The number of benzene rings is 2. The SMILES string of the molecule is CN=C(NCc1ccc(S(=O)(=O)N2CCCC2)cc1)N(C)Cc1ccccc1.I. The van der Waals surface area contributed by atoms with Gasteiger partial charge in [0.05, 0.1) is 4.90 Å². The molecule has 6 nitrogen and oxygen atoms in total. The lowest BCUT2D eigenvalue weighted by atomic mass is 10.2. The number of sulfonamides is 1. The van der Waals surface area contributed by atoms with Crippen molar-refractivity contribution >= 4 is 40.0 Å². The number of rotatable bonds is 6. The predicted octanol–water partition coefficient (Wildman–Crippen LogP) is 3.30. The molecule has 1 N–H and O–H groups in total. The van der Waals surface area contributed by atoms with Crippen molar-refractivity contribution in [1.29, 1.82) is 0 Å². The molecule has 0 radical (unpaired) electrons. The molecule has 29 heavy (non-hydrogen) atoms. The molecule has 3 rings (SSSR count). The summed E-state index contributed by atoms with van der Waals surface area (Å²) in [5.74, 6) is 0.789. The highest BCUT2D eigenvalue weighted by Crippen LogP contribution is 2.21. The number of hydrogen-bond donors (Lipinski definition) is 1. The van der Waals surface area contributed by atoms with E-state index in [1.165, 1.54) is 5.56 Å². The number of halogens is 1. The molecular weight excluding hydrogens is 499 g/mol. The molecule has 0 unspecified atom stereocenters. The Morgan fingerprint density at radius 3 is 2.24 bits per heavy atom. The fourth-order valence-corrected chi connectivity index (χ4v) is 4.87. The first-order chi connectivity index (χ1) is 13.5. The average molecular weight is 528 g/mol. The molecular formula is C21H29IN4O2S. The van der Waals surface area contributed by atoms with Gasteiger partial charge in [-0.1, -0.05) is 42.5 Å². The van der Waals surface area contributed by atoms with Gasteiger partial charge in [-0.15, -0.1) is 24.0 Å². The number of nitrogens with one attached hydrogen (secondary N) is 1. The van der Waals surface area contributed by atoms with Gasteiger partial charge in [-0.2, -0.15) is 4.31 Å². The highest BCUT2D eigenvalue weighted by atomic mass is 127. The Bertz CT molecular complexity index is 896. The van der Waals surface area contributed by atoms with Crippen LogP contribution in [0.25, 0.3) is 0 Å². The van der Waals surface area contributed by atoms with Gasteiger partial charge in [-0.3, -0.25) is 4.99 Å². The van der Waals surface area contributed by atoms with E-state index in [1.54, 1.807) is 23.5 Å². The summed E-state index contributed by atoms with van der Waals surface area (Å²) in [5, 5.41) is 3.34. The fraction of sp³-hybridized carbons (Fsp3) is 0.381. The number of hydrogen-bond acceptors (Lipinski definition) is 3. The van der Waals surface area contributed by atoms with Crippen LogP contribution in [0.2, 0.25) is 0 Å². The summed E-state index contributed by atoms with van der Waals surface area (Å²) in [6, 6.07) is 17.3. The van der Waals surface area contributed by atoms with E-state index < -0.39 is 10.0 Å². The average Bonchev–Trinajstić information content (AvgIpc) is 3.25. The number of aliphatic imine (C=N–C) groups is 1. The fourth-order valence-electron chi connectivity index (χ4n) is 3.35. The molecule has 158 valence electrons. The molecule has 0 aromatic heterocycles. The van der Waals surface area contributed by atoms with Gasteiger partial charge >= 0.3 is 0 Å². The van der Waals surface area contributed by atoms with Crippen molar-refractivity contribution in [3.8, 4) is 0 Å². The van der Waals surface area contributed by atoms with E-state index in [9.17, 15) is 8.42 Å². The lowest BCUT2D eigenvalue weighted by Gasteiger charge is -2.22. The molecule has 0 atom stereocenters. The minimum absolute atomic E-state index is 0. The van der Waals surface area contributed by atoms with Crippen molar-refractivity contribution in [1.82, 2.24) is 14.5 Å². The van der Waals surface area contributed by atoms with Gasteiger partial charge in [0, 0.05) is 40.3 Å². The van der Waals surface area contributed by atoms with Crippen molar-refractivity contribution in [2.75, 3.05) is 27.2 Å². The Balaban J connectivity index is 0.00000300. The molecule has 1 aliphatic heterocycles. The largest absolute Gasteiger partial charge is 0.352 e. The van der Waals surface area contributed by atoms with Gasteiger partial charge in [0.15, 0.2) is 5.96 Å². The summed E-state index contributed by atoms with van der Waals surface area (Å²) in [6.45, 7) is 2.58. The maximum Gasteiger partial charge on any atom is 0.243 e. The van der Waals surface area contributed by atoms with Gasteiger partial charge in [0.2, 0.25) is 10.0 Å². The van der Waals surface area contributed by atoms with Gasteiger partial charge in [0.1, 0.15) is 0 Å². The third kappa shape index (κ3) is 6.16. The van der Waals surface area contributed by atoms with E-state index in [1.807, 2.05) is 37.4 Å². The van der Waals surface area contributed by atoms with Crippen molar-refractivity contribution in [3.05, 3.63) is 65.7 Å². The summed E-state index contributed by atoms with van der Waals surface area (Å²) in [5.41, 5.74) is 2.22. The maximum atomic E-state index is 12.6. The zero-order valence-corrected chi connectivity index (χ0v) is 20.1. The van der Waals surface area contributed by atoms with Crippen LogP contribution in [0, 0.1) is 0 Å². The van der Waals surface area contributed by atoms with E-state index in [2.05, 4.69) is 27.3 Å². The Labute approximate surface area is 191 Å². The highest BCUT2D eigenvalue weighted by Gasteiger charge is 2.26. The molecule has 2 aromatic carbocycles. The molecule has 0 saturated carbocycles. The summed E-state index contributed by atoms with van der Waals surface area (Å²) in [6.07, 6.45) is 1.88. The molecule has 0 aliphatic carbocycles. The highest BCUT2D eigenvalue weighted by molar-refractivity contribution is 14.0. The van der Waals surface area contributed by atoms with Crippen LogP contribution in [0.1, 0.15) is 24.0 Å². The first kappa shape index (κ1) is 23.6. The lowest BCUT2D eigenvalue weighted by molar-refractivity contribution is 0.476. The van der Waals surface area contributed by atoms with Crippen LogP contribution in [-0.4, -0.2) is 50.8 Å². The quantitative estimate of drug-likeness (QED) is 0.355. The van der Waals surface area contributed by atoms with Crippen molar-refractivity contribution in [3.63, 3.8) is 0 Å². The van der Waals surface area contributed by atoms with E-state index in [-0.39, 0.29) is 24.0 Å². The molecule has 0 spiro atoms. The van der Waals surface area contributed by atoms with E-state index in [4.69, 9.17) is 0 Å². The molecule has 0 amide bonds. The summed E-state index contributed by atoms with van der Waals surface area (Å²) < 4.78 is 26.8. The molecule has 0 bridgehead atoms. The first-order valence-electron chi connectivity index (χ1n) is 9.55. The van der Waals surface area contributed by atoms with Crippen molar-refractivity contribution in [2.24, 2.45) is 4.99 Å². The zero-order valence-electron chi connectivity index (χ0n) is 16.9. The summed E-state index contributed by atoms with van der Waals surface area (Å²) in [4.78, 5) is 6.76. The van der Waals surface area contributed by atoms with Crippen LogP contribution in [0.5, 0.6) is 0 Å². The van der Waals surface area contributed by atoms with Gasteiger partial charge in [-0.25, -0.2) is 8.42 Å². The second-order valence-electron chi connectivity index (χ2n) is 7.00. The number of guanidine groups is 1.